The van der Waals surface area contributed by atoms with Crippen molar-refractivity contribution in [3.05, 3.63) is 0 Å². The van der Waals surface area contributed by atoms with Gasteiger partial charge in [-0.15, -0.1) is 11.8 Å². The molecule has 5 N–H and O–H groups in total. The highest BCUT2D eigenvalue weighted by Crippen LogP contribution is 2.30. The molecule has 0 bridgehead atoms. The van der Waals surface area contributed by atoms with Crippen LogP contribution in [0.25, 0.3) is 0 Å². The molecule has 0 aromatic carbocycles. The van der Waals surface area contributed by atoms with E-state index in [1.54, 1.807) is 6.26 Å². The summed E-state index contributed by atoms with van der Waals surface area (Å²) < 4.78 is 5.72. The number of likely N-dealkylation sites (N-methyl/N-ethyl adjacent to an activating group) is 1. The van der Waals surface area contributed by atoms with Crippen LogP contribution >= 0.6 is 11.8 Å². The second kappa shape index (κ2) is 9.87. The van der Waals surface area contributed by atoms with Gasteiger partial charge in [-0.3, -0.25) is 9.69 Å². The molecule has 2 unspecified atom stereocenters. The van der Waals surface area contributed by atoms with Crippen molar-refractivity contribution in [1.82, 2.24) is 10.2 Å². The average molecular weight is 407 g/mol. The number of amides is 1. The highest BCUT2D eigenvalue weighted by molar-refractivity contribution is 7.99. The monoisotopic (exact) mass is 406 g/mol. The number of rotatable bonds is 7. The second-order valence-corrected chi connectivity index (χ2v) is 8.73. The summed E-state index contributed by atoms with van der Waals surface area (Å²) in [6, 6.07) is -1.20. The van der Waals surface area contributed by atoms with Crippen molar-refractivity contribution in [2.45, 2.75) is 81.1 Å². The van der Waals surface area contributed by atoms with E-state index in [1.165, 1.54) is 18.7 Å². The van der Waals surface area contributed by atoms with Gasteiger partial charge in [-0.05, 0) is 39.0 Å². The lowest BCUT2D eigenvalue weighted by Crippen LogP contribution is -2.65. The fourth-order valence-corrected chi connectivity index (χ4v) is 4.81. The number of hydrogen-bond acceptors (Lipinski definition) is 8. The molecule has 9 heteroatoms. The van der Waals surface area contributed by atoms with Crippen LogP contribution in [0.5, 0.6) is 0 Å². The lowest BCUT2D eigenvalue weighted by molar-refractivity contribution is -0.211. The first-order valence-corrected chi connectivity index (χ1v) is 10.9. The minimum Gasteiger partial charge on any atom is -0.391 e. The molecule has 0 aliphatic carbocycles. The molecule has 2 aliphatic rings. The first-order chi connectivity index (χ1) is 12.7. The lowest BCUT2D eigenvalue weighted by atomic mass is 9.92. The van der Waals surface area contributed by atoms with E-state index in [0.717, 1.165) is 25.8 Å². The number of aliphatic hydroxyl groups is 4. The standard InChI is InChI=1S/C18H34N2O6S/c1-5-6-10-7-11(20(3)8-10)17(25)19-12(9(2)21)16-14(23)13(22)15(24)18(26-16)27-4/h9-16,18,21-24H,5-8H2,1-4H3,(H,19,25)/t9-,10-,11+,12-,13-,14?,15-,16-,18?/m1/s1. The maximum absolute atomic E-state index is 12.8. The van der Waals surface area contributed by atoms with Gasteiger partial charge in [0.2, 0.25) is 5.91 Å². The Balaban J connectivity index is 2.09. The van der Waals surface area contributed by atoms with E-state index >= 15 is 0 Å². The molecular weight excluding hydrogens is 372 g/mol. The van der Waals surface area contributed by atoms with Crippen molar-refractivity contribution < 1.29 is 30.0 Å². The Labute approximate surface area is 165 Å². The van der Waals surface area contributed by atoms with Gasteiger partial charge in [-0.25, -0.2) is 0 Å². The third-order valence-corrected chi connectivity index (χ3v) is 6.51. The van der Waals surface area contributed by atoms with Crippen LogP contribution in [0, 0.1) is 5.92 Å². The molecule has 0 radical (unpaired) electrons. The van der Waals surface area contributed by atoms with Gasteiger partial charge in [0.15, 0.2) is 0 Å². The van der Waals surface area contributed by atoms with Crippen molar-refractivity contribution in [3.8, 4) is 0 Å². The summed E-state index contributed by atoms with van der Waals surface area (Å²) in [5.41, 5.74) is -0.755. The molecule has 0 aromatic heterocycles. The Morgan fingerprint density at radius 2 is 1.96 bits per heavy atom. The average Bonchev–Trinajstić information content (AvgIpc) is 2.99. The Morgan fingerprint density at radius 1 is 1.30 bits per heavy atom. The highest BCUT2D eigenvalue weighted by Gasteiger charge is 2.48. The number of nitrogens with zero attached hydrogens (tertiary/aromatic N) is 1. The van der Waals surface area contributed by atoms with E-state index in [9.17, 15) is 25.2 Å². The first-order valence-electron chi connectivity index (χ1n) is 9.62. The van der Waals surface area contributed by atoms with E-state index in [-0.39, 0.29) is 11.9 Å². The zero-order valence-corrected chi connectivity index (χ0v) is 17.3. The summed E-state index contributed by atoms with van der Waals surface area (Å²) >= 11 is 1.20. The van der Waals surface area contributed by atoms with Crippen LogP contribution in [0.3, 0.4) is 0 Å². The molecule has 2 fully saturated rings. The van der Waals surface area contributed by atoms with Crippen LogP contribution in [-0.4, -0.2) is 99.1 Å². The SMILES string of the molecule is CCC[C@@H]1C[C@@H](C(=O)N[C@H]([C@@H](C)O)[C@H]2OC(SC)[C@H](O)[C@H](O)C2O)N(C)C1. The first kappa shape index (κ1) is 22.9. The Hall–Kier alpha value is -0.420. The van der Waals surface area contributed by atoms with E-state index in [0.29, 0.717) is 5.92 Å². The normalized spacial score (nSPS) is 39.9. The Morgan fingerprint density at radius 3 is 2.52 bits per heavy atom. The van der Waals surface area contributed by atoms with Crippen LogP contribution in [0.15, 0.2) is 0 Å². The quantitative estimate of drug-likeness (QED) is 0.370. The molecule has 158 valence electrons. The van der Waals surface area contributed by atoms with Gasteiger partial charge < -0.3 is 30.5 Å². The Bertz CT molecular complexity index is 494. The van der Waals surface area contributed by atoms with E-state index in [1.807, 2.05) is 11.9 Å². The van der Waals surface area contributed by atoms with Crippen molar-refractivity contribution >= 4 is 17.7 Å². The fraction of sp³-hybridized carbons (Fsp3) is 0.944. The van der Waals surface area contributed by atoms with Crippen LogP contribution in [0.4, 0.5) is 0 Å². The third-order valence-electron chi connectivity index (χ3n) is 5.66. The number of likely N-dealkylation sites (tertiary alicyclic amines) is 1. The van der Waals surface area contributed by atoms with Gasteiger partial charge in [0, 0.05) is 6.54 Å². The third kappa shape index (κ3) is 5.14. The molecule has 2 rings (SSSR count). The molecule has 0 aromatic rings. The number of carbonyl (C=O) groups is 1. The highest BCUT2D eigenvalue weighted by atomic mass is 32.2. The van der Waals surface area contributed by atoms with Crippen LogP contribution in [0.2, 0.25) is 0 Å². The topological polar surface area (TPSA) is 122 Å². The minimum absolute atomic E-state index is 0.223. The van der Waals surface area contributed by atoms with Gasteiger partial charge in [0.25, 0.3) is 0 Å². The van der Waals surface area contributed by atoms with Gasteiger partial charge in [-0.2, -0.15) is 0 Å². The molecule has 2 heterocycles. The maximum Gasteiger partial charge on any atom is 0.237 e. The summed E-state index contributed by atoms with van der Waals surface area (Å²) in [7, 11) is 1.91. The zero-order valence-electron chi connectivity index (χ0n) is 16.5. The molecular formula is C18H34N2O6S. The predicted octanol–water partition coefficient (Wildman–Crippen LogP) is -0.857. The number of carbonyl (C=O) groups excluding carboxylic acids is 1. The maximum atomic E-state index is 12.8. The van der Waals surface area contributed by atoms with Crippen LogP contribution in [-0.2, 0) is 9.53 Å². The lowest BCUT2D eigenvalue weighted by Gasteiger charge is -2.44. The summed E-state index contributed by atoms with van der Waals surface area (Å²) in [5.74, 6) is 0.245. The summed E-state index contributed by atoms with van der Waals surface area (Å²) in [6.07, 6.45) is -1.50. The molecule has 2 aliphatic heterocycles. The van der Waals surface area contributed by atoms with Crippen molar-refractivity contribution in [2.24, 2.45) is 5.92 Å². The zero-order chi connectivity index (χ0) is 20.3. The molecule has 0 spiro atoms. The largest absolute Gasteiger partial charge is 0.391 e. The van der Waals surface area contributed by atoms with Crippen LogP contribution in [0.1, 0.15) is 33.1 Å². The van der Waals surface area contributed by atoms with Crippen molar-refractivity contribution in [2.75, 3.05) is 19.8 Å². The van der Waals surface area contributed by atoms with Crippen LogP contribution < -0.4 is 5.32 Å². The molecule has 2 saturated heterocycles. The van der Waals surface area contributed by atoms with Gasteiger partial charge in [0.05, 0.1) is 18.2 Å². The fourth-order valence-electron chi connectivity index (χ4n) is 4.13. The number of aliphatic hydroxyl groups excluding tert-OH is 4. The van der Waals surface area contributed by atoms with Gasteiger partial charge >= 0.3 is 0 Å². The van der Waals surface area contributed by atoms with Gasteiger partial charge in [-0.1, -0.05) is 13.3 Å². The molecule has 9 atom stereocenters. The molecule has 0 saturated carbocycles. The molecule has 1 amide bonds. The Kier molecular flexibility index (Phi) is 8.35. The summed E-state index contributed by atoms with van der Waals surface area (Å²) in [4.78, 5) is 14.9. The number of ether oxygens (including phenoxy) is 1. The number of hydrogen-bond donors (Lipinski definition) is 5. The van der Waals surface area contributed by atoms with Crippen molar-refractivity contribution in [3.63, 3.8) is 0 Å². The van der Waals surface area contributed by atoms with E-state index in [2.05, 4.69) is 12.2 Å². The summed E-state index contributed by atoms with van der Waals surface area (Å²) in [5, 5.41) is 43.5. The number of thioether (sulfide) groups is 1. The molecule has 8 nitrogen and oxygen atoms in total. The minimum atomic E-state index is -1.42. The van der Waals surface area contributed by atoms with Gasteiger partial charge in [0.1, 0.15) is 29.9 Å². The van der Waals surface area contributed by atoms with E-state index in [4.69, 9.17) is 4.74 Å². The van der Waals surface area contributed by atoms with E-state index < -0.39 is 42.0 Å². The van der Waals surface area contributed by atoms with Crippen molar-refractivity contribution in [1.29, 1.82) is 0 Å². The predicted molar refractivity (Wildman–Crippen MR) is 103 cm³/mol. The smallest absolute Gasteiger partial charge is 0.237 e. The number of nitrogens with one attached hydrogen (secondary N) is 1. The summed E-state index contributed by atoms with van der Waals surface area (Å²) in [6.45, 7) is 4.48. The second-order valence-electron chi connectivity index (χ2n) is 7.80. The molecule has 27 heavy (non-hydrogen) atoms.